The molecular weight excluding hydrogens is 366 g/mol. The Kier molecular flexibility index (Phi) is 8.65. The van der Waals surface area contributed by atoms with Gasteiger partial charge in [-0.3, -0.25) is 10.2 Å². The lowest BCUT2D eigenvalue weighted by Crippen LogP contribution is -2.32. The Labute approximate surface area is 164 Å². The van der Waals surface area contributed by atoms with Crippen LogP contribution in [0.3, 0.4) is 0 Å². The number of halogens is 1. The van der Waals surface area contributed by atoms with Gasteiger partial charge in [-0.1, -0.05) is 31.5 Å². The number of anilines is 1. The Balaban J connectivity index is 2.04. The van der Waals surface area contributed by atoms with E-state index in [2.05, 4.69) is 24.4 Å². The van der Waals surface area contributed by atoms with E-state index in [1.54, 1.807) is 11.3 Å². The largest absolute Gasteiger partial charge is 0.343 e. The maximum Gasteiger partial charge on any atom is 0.222 e. The second-order valence-electron chi connectivity index (χ2n) is 6.04. The van der Waals surface area contributed by atoms with Gasteiger partial charge in [-0.2, -0.15) is 5.10 Å². The van der Waals surface area contributed by atoms with Gasteiger partial charge in [0, 0.05) is 31.0 Å². The van der Waals surface area contributed by atoms with Crippen molar-refractivity contribution in [3.8, 4) is 0 Å². The molecule has 0 fully saturated rings. The van der Waals surface area contributed by atoms with Gasteiger partial charge in [0.25, 0.3) is 0 Å². The summed E-state index contributed by atoms with van der Waals surface area (Å²) < 4.78 is 0. The number of carbonyl (C=O) groups excluding carboxylic acids is 1. The number of benzene rings is 1. The van der Waals surface area contributed by atoms with Crippen LogP contribution in [-0.4, -0.2) is 29.6 Å². The standard InChI is InChI=1S/C20H26ClN3OS/c1-3-13-24(14-4-2)20(25)12-11-18(19-6-5-15-26-19)23-22-17-9-7-16(21)8-10-17/h5-10,15,22H,3-4,11-14H2,1-2H3/b23-18-. The number of nitrogens with one attached hydrogen (secondary N) is 1. The molecule has 2 rings (SSSR count). The number of thiophene rings is 1. The molecule has 2 aromatic rings. The molecule has 1 heterocycles. The van der Waals surface area contributed by atoms with E-state index in [0.717, 1.165) is 42.2 Å². The molecular formula is C20H26ClN3OS. The minimum absolute atomic E-state index is 0.199. The maximum absolute atomic E-state index is 12.5. The third-order valence-corrected chi connectivity index (χ3v) is 5.06. The van der Waals surface area contributed by atoms with E-state index >= 15 is 0 Å². The first-order chi connectivity index (χ1) is 12.6. The monoisotopic (exact) mass is 391 g/mol. The zero-order valence-corrected chi connectivity index (χ0v) is 16.9. The van der Waals surface area contributed by atoms with Crippen LogP contribution in [0.5, 0.6) is 0 Å². The number of nitrogens with zero attached hydrogens (tertiary/aromatic N) is 2. The van der Waals surface area contributed by atoms with Crippen molar-refractivity contribution in [3.05, 3.63) is 51.7 Å². The molecule has 0 spiro atoms. The molecule has 1 N–H and O–H groups in total. The molecule has 0 bridgehead atoms. The molecule has 0 aliphatic carbocycles. The van der Waals surface area contributed by atoms with Crippen LogP contribution in [-0.2, 0) is 4.79 Å². The van der Waals surface area contributed by atoms with Gasteiger partial charge < -0.3 is 4.90 Å². The van der Waals surface area contributed by atoms with Crippen LogP contribution in [0.15, 0.2) is 46.9 Å². The number of hydrogen-bond acceptors (Lipinski definition) is 4. The smallest absolute Gasteiger partial charge is 0.222 e. The van der Waals surface area contributed by atoms with E-state index in [1.807, 2.05) is 46.7 Å². The van der Waals surface area contributed by atoms with Crippen LogP contribution >= 0.6 is 22.9 Å². The van der Waals surface area contributed by atoms with Gasteiger partial charge in [0.05, 0.1) is 16.3 Å². The lowest BCUT2D eigenvalue weighted by atomic mass is 10.1. The Morgan fingerprint density at radius 2 is 1.81 bits per heavy atom. The molecule has 4 nitrogen and oxygen atoms in total. The summed E-state index contributed by atoms with van der Waals surface area (Å²) in [6.45, 7) is 5.84. The van der Waals surface area contributed by atoms with Crippen molar-refractivity contribution < 1.29 is 4.79 Å². The molecule has 0 saturated carbocycles. The summed E-state index contributed by atoms with van der Waals surface area (Å²) in [5.74, 6) is 0.199. The predicted molar refractivity (Wildman–Crippen MR) is 112 cm³/mol. The zero-order valence-electron chi connectivity index (χ0n) is 15.4. The highest BCUT2D eigenvalue weighted by Gasteiger charge is 2.14. The maximum atomic E-state index is 12.5. The Hall–Kier alpha value is -1.85. The fourth-order valence-electron chi connectivity index (χ4n) is 2.62. The third kappa shape index (κ3) is 6.46. The average molecular weight is 392 g/mol. The summed E-state index contributed by atoms with van der Waals surface area (Å²) in [6, 6.07) is 11.4. The molecule has 140 valence electrons. The van der Waals surface area contributed by atoms with Gasteiger partial charge in [-0.25, -0.2) is 0 Å². The average Bonchev–Trinajstić information content (AvgIpc) is 3.17. The van der Waals surface area contributed by atoms with Crippen molar-refractivity contribution in [2.45, 2.75) is 39.5 Å². The second-order valence-corrected chi connectivity index (χ2v) is 7.42. The molecule has 0 aliphatic rings. The predicted octanol–water partition coefficient (Wildman–Crippen LogP) is 5.65. The van der Waals surface area contributed by atoms with Gasteiger partial charge in [-0.15, -0.1) is 11.3 Å². The van der Waals surface area contributed by atoms with Gasteiger partial charge in [-0.05, 0) is 48.6 Å². The van der Waals surface area contributed by atoms with Crippen molar-refractivity contribution in [2.24, 2.45) is 5.10 Å². The minimum atomic E-state index is 0.199. The quantitative estimate of drug-likeness (QED) is 0.420. The van der Waals surface area contributed by atoms with E-state index in [0.29, 0.717) is 17.9 Å². The van der Waals surface area contributed by atoms with Crippen LogP contribution in [0.4, 0.5) is 5.69 Å². The van der Waals surface area contributed by atoms with Crippen LogP contribution in [0.1, 0.15) is 44.4 Å². The number of hydrogen-bond donors (Lipinski definition) is 1. The van der Waals surface area contributed by atoms with E-state index in [4.69, 9.17) is 11.6 Å². The van der Waals surface area contributed by atoms with Crippen molar-refractivity contribution >= 4 is 40.2 Å². The summed E-state index contributed by atoms with van der Waals surface area (Å²) in [7, 11) is 0. The Morgan fingerprint density at radius 3 is 2.38 bits per heavy atom. The highest BCUT2D eigenvalue weighted by Crippen LogP contribution is 2.17. The topological polar surface area (TPSA) is 44.7 Å². The van der Waals surface area contributed by atoms with E-state index < -0.39 is 0 Å². The normalized spacial score (nSPS) is 11.4. The van der Waals surface area contributed by atoms with Crippen molar-refractivity contribution in [2.75, 3.05) is 18.5 Å². The summed E-state index contributed by atoms with van der Waals surface area (Å²) >= 11 is 7.55. The molecule has 1 aromatic heterocycles. The fraction of sp³-hybridized carbons (Fsp3) is 0.400. The molecule has 1 aromatic carbocycles. The molecule has 1 amide bonds. The Morgan fingerprint density at radius 1 is 1.12 bits per heavy atom. The van der Waals surface area contributed by atoms with Gasteiger partial charge in [0.2, 0.25) is 5.91 Å². The SMILES string of the molecule is CCCN(CCC)C(=O)CC/C(=N/Nc1ccc(Cl)cc1)c1cccs1. The first kappa shape index (κ1) is 20.5. The highest BCUT2D eigenvalue weighted by atomic mass is 35.5. The minimum Gasteiger partial charge on any atom is -0.343 e. The first-order valence-electron chi connectivity index (χ1n) is 9.03. The zero-order chi connectivity index (χ0) is 18.8. The molecule has 0 unspecified atom stereocenters. The van der Waals surface area contributed by atoms with Gasteiger partial charge in [0.15, 0.2) is 0 Å². The highest BCUT2D eigenvalue weighted by molar-refractivity contribution is 7.12. The molecule has 0 aliphatic heterocycles. The van der Waals surface area contributed by atoms with Crippen molar-refractivity contribution in [1.29, 1.82) is 0 Å². The van der Waals surface area contributed by atoms with Gasteiger partial charge in [0.1, 0.15) is 0 Å². The van der Waals surface area contributed by atoms with Crippen LogP contribution < -0.4 is 5.43 Å². The van der Waals surface area contributed by atoms with Crippen molar-refractivity contribution in [3.63, 3.8) is 0 Å². The lowest BCUT2D eigenvalue weighted by molar-refractivity contribution is -0.131. The molecule has 0 radical (unpaired) electrons. The molecule has 26 heavy (non-hydrogen) atoms. The van der Waals surface area contributed by atoms with Crippen LogP contribution in [0, 0.1) is 0 Å². The molecule has 0 saturated heterocycles. The number of hydrazone groups is 1. The fourth-order valence-corrected chi connectivity index (χ4v) is 3.49. The number of amides is 1. The second kappa shape index (κ2) is 11.0. The van der Waals surface area contributed by atoms with Crippen molar-refractivity contribution in [1.82, 2.24) is 4.90 Å². The summed E-state index contributed by atoms with van der Waals surface area (Å²) in [4.78, 5) is 15.6. The third-order valence-electron chi connectivity index (χ3n) is 3.89. The van der Waals surface area contributed by atoms with E-state index in [-0.39, 0.29) is 5.91 Å². The van der Waals surface area contributed by atoms with E-state index in [1.165, 1.54) is 0 Å². The number of carbonyl (C=O) groups is 1. The molecule has 0 atom stereocenters. The van der Waals surface area contributed by atoms with Crippen LogP contribution in [0.25, 0.3) is 0 Å². The lowest BCUT2D eigenvalue weighted by Gasteiger charge is -2.21. The number of rotatable bonds is 10. The van der Waals surface area contributed by atoms with Gasteiger partial charge >= 0.3 is 0 Å². The Bertz CT molecular complexity index is 692. The van der Waals surface area contributed by atoms with Crippen LogP contribution in [0.2, 0.25) is 5.02 Å². The summed E-state index contributed by atoms with van der Waals surface area (Å²) in [5, 5.41) is 7.27. The van der Waals surface area contributed by atoms with E-state index in [9.17, 15) is 4.79 Å². The first-order valence-corrected chi connectivity index (χ1v) is 10.3. The molecule has 6 heteroatoms. The summed E-state index contributed by atoms with van der Waals surface area (Å²) in [6.07, 6.45) is 3.05. The summed E-state index contributed by atoms with van der Waals surface area (Å²) in [5.41, 5.74) is 4.84.